The number of esters is 1. The molecule has 1 fully saturated rings. The molecule has 5 N–H and O–H groups in total. The Morgan fingerprint density at radius 3 is 2.41 bits per heavy atom. The Balaban J connectivity index is 0.000000317. The van der Waals surface area contributed by atoms with Crippen molar-refractivity contribution in [2.24, 2.45) is 5.73 Å². The fourth-order valence-electron chi connectivity index (χ4n) is 6.76. The fourth-order valence-corrected chi connectivity index (χ4v) is 6.94. The number of halogens is 1. The lowest BCUT2D eigenvalue weighted by atomic mass is 9.97. The minimum atomic E-state index is -1.37. The number of aromatic carboxylic acids is 1. The fraction of sp³-hybridized carbons (Fsp3) is 0.317. The summed E-state index contributed by atoms with van der Waals surface area (Å²) in [6.07, 6.45) is 2.41. The van der Waals surface area contributed by atoms with Crippen molar-refractivity contribution in [2.45, 2.75) is 58.7 Å². The number of hydrogen-bond acceptors (Lipinski definition) is 10. The molecule has 0 saturated carbocycles. The minimum absolute atomic E-state index is 0.0384. The number of para-hydroxylation sites is 2. The van der Waals surface area contributed by atoms with Gasteiger partial charge in [-0.3, -0.25) is 9.59 Å². The van der Waals surface area contributed by atoms with E-state index in [-0.39, 0.29) is 16.9 Å². The topological polar surface area (TPSA) is 190 Å². The second kappa shape index (κ2) is 16.9. The number of benzene rings is 3. The van der Waals surface area contributed by atoms with Crippen molar-refractivity contribution in [3.05, 3.63) is 123 Å². The van der Waals surface area contributed by atoms with Crippen LogP contribution in [-0.2, 0) is 22.4 Å². The Morgan fingerprint density at radius 2 is 1.71 bits per heavy atom. The van der Waals surface area contributed by atoms with Crippen LogP contribution in [0.2, 0.25) is 5.02 Å². The van der Waals surface area contributed by atoms with Crippen molar-refractivity contribution in [3.8, 4) is 0 Å². The lowest BCUT2D eigenvalue weighted by Crippen LogP contribution is -2.36. The number of nitrogens with one attached hydrogen (secondary N) is 2. The molecule has 2 aliphatic rings. The Hall–Kier alpha value is -5.83. The quantitative estimate of drug-likeness (QED) is 0.135. The van der Waals surface area contributed by atoms with Crippen molar-refractivity contribution in [3.63, 3.8) is 0 Å². The van der Waals surface area contributed by atoms with Crippen LogP contribution >= 0.6 is 11.6 Å². The maximum Gasteiger partial charge on any atom is 0.354 e. The highest BCUT2D eigenvalue weighted by atomic mass is 35.5. The van der Waals surface area contributed by atoms with E-state index >= 15 is 0 Å². The maximum atomic E-state index is 13.5. The average molecular weight is 782 g/mol. The Bertz CT molecular complexity index is 2300. The predicted octanol–water partition coefficient (Wildman–Crippen LogP) is 6.00. The Kier molecular flexibility index (Phi) is 12.0. The summed E-state index contributed by atoms with van der Waals surface area (Å²) in [5.74, 6) is -3.01. The van der Waals surface area contributed by atoms with E-state index < -0.39 is 41.1 Å². The lowest BCUT2D eigenvalue weighted by molar-refractivity contribution is 0.00681. The number of anilines is 2. The second-order valence-corrected chi connectivity index (χ2v) is 14.8. The third-order valence-electron chi connectivity index (χ3n) is 9.47. The molecule has 3 heterocycles. The molecule has 0 unspecified atom stereocenters. The lowest BCUT2D eigenvalue weighted by Gasteiger charge is -2.30. The van der Waals surface area contributed by atoms with Crippen molar-refractivity contribution in [2.75, 3.05) is 36.5 Å². The summed E-state index contributed by atoms with van der Waals surface area (Å²) < 4.78 is 12.0. The molecule has 1 atom stereocenters. The van der Waals surface area contributed by atoms with E-state index in [9.17, 15) is 24.3 Å². The van der Waals surface area contributed by atoms with Crippen LogP contribution in [0.5, 0.6) is 0 Å². The van der Waals surface area contributed by atoms with Gasteiger partial charge < -0.3 is 35.8 Å². The first kappa shape index (κ1) is 39.9. The molecule has 0 radical (unpaired) electrons. The molecule has 15 heteroatoms. The molecular weight excluding hydrogens is 738 g/mol. The molecule has 3 aromatic carbocycles. The van der Waals surface area contributed by atoms with Crippen LogP contribution in [0.25, 0.3) is 5.65 Å². The Morgan fingerprint density at radius 1 is 1.00 bits per heavy atom. The second-order valence-electron chi connectivity index (χ2n) is 14.4. The van der Waals surface area contributed by atoms with Crippen LogP contribution in [-0.4, -0.2) is 75.4 Å². The largest absolute Gasteiger partial charge is 0.477 e. The van der Waals surface area contributed by atoms with E-state index in [0.29, 0.717) is 35.7 Å². The molecule has 1 aliphatic heterocycles. The highest BCUT2D eigenvalue weighted by Gasteiger charge is 2.31. The van der Waals surface area contributed by atoms with Crippen LogP contribution in [0.4, 0.5) is 11.4 Å². The molecule has 14 nitrogen and oxygen atoms in total. The van der Waals surface area contributed by atoms with Crippen LogP contribution < -0.4 is 21.3 Å². The number of hydrogen-bond donors (Lipinski definition) is 4. The van der Waals surface area contributed by atoms with Gasteiger partial charge in [0.05, 0.1) is 41.7 Å². The van der Waals surface area contributed by atoms with Crippen molar-refractivity contribution in [1.82, 2.24) is 19.9 Å². The van der Waals surface area contributed by atoms with Crippen LogP contribution in [0.1, 0.15) is 97.2 Å². The van der Waals surface area contributed by atoms with Gasteiger partial charge in [-0.25, -0.2) is 19.1 Å². The summed E-state index contributed by atoms with van der Waals surface area (Å²) in [4.78, 5) is 57.6. The van der Waals surface area contributed by atoms with E-state index in [1.807, 2.05) is 13.0 Å². The van der Waals surface area contributed by atoms with E-state index in [1.165, 1.54) is 17.4 Å². The maximum absolute atomic E-state index is 13.5. The molecule has 2 aromatic heterocycles. The SMILES string of the molecule is Cc1c(C(=O)OC(C)(C)C)ccc2c1CC[C@@H]2NC(=O)c1cc(C(=O)O)nc2c(C(=O)Nc3ccccc3Cl)cnn12.NCc1ccccc1N1CCOCC1. The summed E-state index contributed by atoms with van der Waals surface area (Å²) in [6, 6.07) is 19.1. The van der Waals surface area contributed by atoms with Gasteiger partial charge in [0, 0.05) is 31.4 Å². The number of rotatable bonds is 8. The molecule has 56 heavy (non-hydrogen) atoms. The number of carboxylic acids is 1. The van der Waals surface area contributed by atoms with E-state index in [2.05, 4.69) is 43.8 Å². The first-order valence-electron chi connectivity index (χ1n) is 18.2. The van der Waals surface area contributed by atoms with Crippen molar-refractivity contribution < 1.29 is 33.8 Å². The van der Waals surface area contributed by atoms with Crippen LogP contribution in [0.3, 0.4) is 0 Å². The zero-order valence-corrected chi connectivity index (χ0v) is 32.4. The van der Waals surface area contributed by atoms with Gasteiger partial charge in [0.1, 0.15) is 16.9 Å². The molecule has 292 valence electrons. The van der Waals surface area contributed by atoms with E-state index in [1.54, 1.807) is 57.2 Å². The first-order chi connectivity index (χ1) is 26.8. The van der Waals surface area contributed by atoms with E-state index in [4.69, 9.17) is 26.8 Å². The number of fused-ring (bicyclic) bond motifs is 2. The molecule has 2 amide bonds. The van der Waals surface area contributed by atoms with Gasteiger partial charge in [0.25, 0.3) is 11.8 Å². The summed E-state index contributed by atoms with van der Waals surface area (Å²) in [6.45, 7) is 11.4. The molecule has 5 aromatic rings. The van der Waals surface area contributed by atoms with Gasteiger partial charge in [-0.05, 0) is 87.1 Å². The normalized spacial score (nSPS) is 15.0. The van der Waals surface area contributed by atoms with Gasteiger partial charge in [0.15, 0.2) is 11.3 Å². The number of morpholine rings is 1. The summed E-state index contributed by atoms with van der Waals surface area (Å²) in [5, 5.41) is 19.8. The monoisotopic (exact) mass is 781 g/mol. The highest BCUT2D eigenvalue weighted by Crippen LogP contribution is 2.35. The van der Waals surface area contributed by atoms with Gasteiger partial charge in [-0.15, -0.1) is 0 Å². The number of carboxylic acid groups (broad SMARTS) is 1. The third kappa shape index (κ3) is 8.83. The number of nitrogens with zero attached hydrogens (tertiary/aromatic N) is 4. The van der Waals surface area contributed by atoms with Crippen LogP contribution in [0, 0.1) is 6.92 Å². The van der Waals surface area contributed by atoms with Gasteiger partial charge in [0.2, 0.25) is 0 Å². The molecule has 1 saturated heterocycles. The highest BCUT2D eigenvalue weighted by molar-refractivity contribution is 6.34. The zero-order chi connectivity index (χ0) is 40.1. The third-order valence-corrected chi connectivity index (χ3v) is 9.80. The van der Waals surface area contributed by atoms with Gasteiger partial charge >= 0.3 is 11.9 Å². The molecule has 7 rings (SSSR count). The van der Waals surface area contributed by atoms with Gasteiger partial charge in [-0.2, -0.15) is 5.10 Å². The Labute approximate surface area is 328 Å². The van der Waals surface area contributed by atoms with Gasteiger partial charge in [-0.1, -0.05) is 48.0 Å². The summed E-state index contributed by atoms with van der Waals surface area (Å²) in [5.41, 5.74) is 10.3. The zero-order valence-electron chi connectivity index (χ0n) is 31.6. The molecule has 1 aliphatic carbocycles. The summed E-state index contributed by atoms with van der Waals surface area (Å²) in [7, 11) is 0. The number of nitrogens with two attached hydrogens (primary N) is 1. The minimum Gasteiger partial charge on any atom is -0.477 e. The number of amides is 2. The van der Waals surface area contributed by atoms with Crippen LogP contribution in [0.15, 0.2) is 72.9 Å². The molecular formula is C41H44ClN7O7. The first-order valence-corrected chi connectivity index (χ1v) is 18.6. The molecule has 0 spiro atoms. The number of aromatic nitrogens is 3. The average Bonchev–Trinajstić information content (AvgIpc) is 3.80. The van der Waals surface area contributed by atoms with E-state index in [0.717, 1.165) is 53.6 Å². The standard InChI is InChI=1S/C30H28ClN5O6.C11H16N2O/c1-15-16-11-12-21(18(16)10-9-17(15)29(41)42-30(2,3)4)34-27(38)24-13-23(28(39)40)33-25-19(14-32-36(24)25)26(37)35-22-8-6-5-7-20(22)31;12-9-10-3-1-2-4-11(10)13-5-7-14-8-6-13/h5-10,13-14,21H,11-12H2,1-4H3,(H,34,38)(H,35,37)(H,39,40);1-4H,5-9,12H2/t21-;/m0./s1. The smallest absolute Gasteiger partial charge is 0.354 e. The summed E-state index contributed by atoms with van der Waals surface area (Å²) >= 11 is 6.15. The number of ether oxygens (including phenoxy) is 2. The number of carbonyl (C=O) groups excluding carboxylic acids is 3. The molecule has 0 bridgehead atoms. The number of carbonyl (C=O) groups is 4. The van der Waals surface area contributed by atoms with Crippen molar-refractivity contribution >= 4 is 52.4 Å². The van der Waals surface area contributed by atoms with Crippen molar-refractivity contribution in [1.29, 1.82) is 0 Å². The predicted molar refractivity (Wildman–Crippen MR) is 212 cm³/mol.